The van der Waals surface area contributed by atoms with E-state index in [0.29, 0.717) is 22.1 Å². The van der Waals surface area contributed by atoms with Gasteiger partial charge in [-0.15, -0.1) is 11.3 Å². The molecule has 0 spiro atoms. The molecule has 1 aromatic heterocycles. The highest BCUT2D eigenvalue weighted by molar-refractivity contribution is 7.14. The van der Waals surface area contributed by atoms with E-state index in [-0.39, 0.29) is 6.61 Å². The van der Waals surface area contributed by atoms with Gasteiger partial charge in [0.2, 0.25) is 0 Å². The van der Waals surface area contributed by atoms with E-state index in [1.165, 1.54) is 36.0 Å². The highest BCUT2D eigenvalue weighted by Crippen LogP contribution is 2.29. The summed E-state index contributed by atoms with van der Waals surface area (Å²) in [5.41, 5.74) is 1.62. The lowest BCUT2D eigenvalue weighted by atomic mass is 10.1. The van der Waals surface area contributed by atoms with E-state index in [2.05, 4.69) is 19.2 Å². The first kappa shape index (κ1) is 20.8. The van der Waals surface area contributed by atoms with Gasteiger partial charge in [-0.05, 0) is 36.6 Å². The molecule has 2 rings (SSSR count). The van der Waals surface area contributed by atoms with Gasteiger partial charge in [0, 0.05) is 10.9 Å². The highest BCUT2D eigenvalue weighted by atomic mass is 32.1. The minimum Gasteiger partial charge on any atom is -0.497 e. The van der Waals surface area contributed by atoms with Crippen molar-refractivity contribution in [3.05, 3.63) is 39.6 Å². The zero-order valence-corrected chi connectivity index (χ0v) is 16.9. The minimum absolute atomic E-state index is 0.373. The van der Waals surface area contributed by atoms with Crippen LogP contribution in [-0.4, -0.2) is 32.7 Å². The fourth-order valence-corrected chi connectivity index (χ4v) is 3.85. The SMILES string of the molecule is CCCc1sc(C(=O)OCC(=O)Nc2cc(OC)ccc2OC)cc1CC. The minimum atomic E-state index is -0.482. The Morgan fingerprint density at radius 3 is 2.52 bits per heavy atom. The largest absolute Gasteiger partial charge is 0.497 e. The number of thiophene rings is 1. The number of nitrogens with one attached hydrogen (secondary N) is 1. The molecule has 0 saturated heterocycles. The molecule has 1 amide bonds. The number of methoxy groups -OCH3 is 2. The van der Waals surface area contributed by atoms with Crippen molar-refractivity contribution in [1.29, 1.82) is 0 Å². The standard InChI is InChI=1S/C20H25NO5S/c1-5-7-17-13(6-2)10-18(27-17)20(23)26-12-19(22)21-15-11-14(24-3)8-9-16(15)25-4/h8-11H,5-7,12H2,1-4H3,(H,21,22). The molecule has 1 aromatic carbocycles. The molecule has 0 aliphatic carbocycles. The second-order valence-electron chi connectivity index (χ2n) is 5.85. The number of carbonyl (C=O) groups is 2. The van der Waals surface area contributed by atoms with Gasteiger partial charge in [-0.2, -0.15) is 0 Å². The van der Waals surface area contributed by atoms with Gasteiger partial charge >= 0.3 is 5.97 Å². The van der Waals surface area contributed by atoms with Crippen molar-refractivity contribution in [3.63, 3.8) is 0 Å². The lowest BCUT2D eigenvalue weighted by molar-refractivity contribution is -0.119. The maximum atomic E-state index is 12.3. The van der Waals surface area contributed by atoms with Crippen LogP contribution < -0.4 is 14.8 Å². The lowest BCUT2D eigenvalue weighted by Gasteiger charge is -2.11. The molecule has 0 atom stereocenters. The van der Waals surface area contributed by atoms with Crippen molar-refractivity contribution in [2.24, 2.45) is 0 Å². The van der Waals surface area contributed by atoms with E-state index in [1.54, 1.807) is 18.2 Å². The van der Waals surface area contributed by atoms with Gasteiger partial charge in [-0.25, -0.2) is 4.79 Å². The summed E-state index contributed by atoms with van der Waals surface area (Å²) < 4.78 is 15.5. The Morgan fingerprint density at radius 1 is 1.11 bits per heavy atom. The van der Waals surface area contributed by atoms with Gasteiger partial charge in [-0.3, -0.25) is 4.79 Å². The zero-order valence-electron chi connectivity index (χ0n) is 16.1. The molecule has 1 N–H and O–H groups in total. The van der Waals surface area contributed by atoms with Crippen LogP contribution in [0.25, 0.3) is 0 Å². The van der Waals surface area contributed by atoms with Gasteiger partial charge in [0.25, 0.3) is 5.91 Å². The predicted molar refractivity (Wildman–Crippen MR) is 106 cm³/mol. The Kier molecular flexibility index (Phi) is 7.67. The first-order valence-corrected chi connectivity index (χ1v) is 9.64. The van der Waals surface area contributed by atoms with Gasteiger partial charge in [-0.1, -0.05) is 20.3 Å². The number of esters is 1. The third-order valence-corrected chi connectivity index (χ3v) is 5.19. The molecule has 0 bridgehead atoms. The summed E-state index contributed by atoms with van der Waals surface area (Å²) in [6.45, 7) is 3.79. The van der Waals surface area contributed by atoms with E-state index in [1.807, 2.05) is 6.07 Å². The molecule has 0 fully saturated rings. The van der Waals surface area contributed by atoms with Crippen molar-refractivity contribution >= 4 is 28.9 Å². The molecule has 0 unspecified atom stereocenters. The van der Waals surface area contributed by atoms with Crippen molar-refractivity contribution in [2.45, 2.75) is 33.1 Å². The average Bonchev–Trinajstić information content (AvgIpc) is 3.09. The van der Waals surface area contributed by atoms with E-state index >= 15 is 0 Å². The second-order valence-corrected chi connectivity index (χ2v) is 6.99. The fraction of sp³-hybridized carbons (Fsp3) is 0.400. The number of anilines is 1. The molecular weight excluding hydrogens is 366 g/mol. The summed E-state index contributed by atoms with van der Waals surface area (Å²) in [7, 11) is 3.04. The number of rotatable bonds is 9. The van der Waals surface area contributed by atoms with Gasteiger partial charge in [0.1, 0.15) is 16.4 Å². The van der Waals surface area contributed by atoms with Crippen LogP contribution in [0.1, 0.15) is 40.4 Å². The third kappa shape index (κ3) is 5.47. The summed E-state index contributed by atoms with van der Waals surface area (Å²) in [4.78, 5) is 26.2. The maximum absolute atomic E-state index is 12.3. The Hall–Kier alpha value is -2.54. The first-order chi connectivity index (χ1) is 13.0. The maximum Gasteiger partial charge on any atom is 0.348 e. The fourth-order valence-electron chi connectivity index (χ4n) is 2.61. The van der Waals surface area contributed by atoms with Crippen LogP contribution in [0.15, 0.2) is 24.3 Å². The number of benzene rings is 1. The normalized spacial score (nSPS) is 10.4. The predicted octanol–water partition coefficient (Wildman–Crippen LogP) is 4.08. The van der Waals surface area contributed by atoms with Gasteiger partial charge in [0.15, 0.2) is 6.61 Å². The van der Waals surface area contributed by atoms with E-state index < -0.39 is 11.9 Å². The lowest BCUT2D eigenvalue weighted by Crippen LogP contribution is -2.21. The number of carbonyl (C=O) groups excluding carboxylic acids is 2. The first-order valence-electron chi connectivity index (χ1n) is 8.82. The molecule has 0 saturated carbocycles. The third-order valence-electron chi connectivity index (χ3n) is 3.97. The Balaban J connectivity index is 1.98. The average molecular weight is 391 g/mol. The Bertz CT molecular complexity index is 800. The monoisotopic (exact) mass is 391 g/mol. The number of hydrogen-bond donors (Lipinski definition) is 1. The van der Waals surface area contributed by atoms with Crippen LogP contribution in [-0.2, 0) is 22.4 Å². The van der Waals surface area contributed by atoms with Crippen LogP contribution in [0, 0.1) is 0 Å². The van der Waals surface area contributed by atoms with Gasteiger partial charge < -0.3 is 19.5 Å². The Labute approximate surface area is 163 Å². The summed E-state index contributed by atoms with van der Waals surface area (Å²) in [6.07, 6.45) is 2.83. The number of ether oxygens (including phenoxy) is 3. The number of aryl methyl sites for hydroxylation is 2. The second kappa shape index (κ2) is 9.97. The molecule has 7 heteroatoms. The quantitative estimate of drug-likeness (QED) is 0.652. The number of hydrogen-bond acceptors (Lipinski definition) is 6. The van der Waals surface area contributed by atoms with E-state index in [0.717, 1.165) is 19.3 Å². The molecular formula is C20H25NO5S. The molecule has 1 heterocycles. The van der Waals surface area contributed by atoms with Crippen LogP contribution >= 0.6 is 11.3 Å². The smallest absolute Gasteiger partial charge is 0.348 e. The summed E-state index contributed by atoms with van der Waals surface area (Å²) in [5, 5.41) is 2.67. The molecule has 146 valence electrons. The topological polar surface area (TPSA) is 73.9 Å². The van der Waals surface area contributed by atoms with Crippen LogP contribution in [0.4, 0.5) is 5.69 Å². The molecule has 0 radical (unpaired) electrons. The summed E-state index contributed by atoms with van der Waals surface area (Å²) in [5.74, 6) is 0.142. The van der Waals surface area contributed by atoms with Gasteiger partial charge in [0.05, 0.1) is 19.9 Å². The van der Waals surface area contributed by atoms with E-state index in [4.69, 9.17) is 14.2 Å². The Morgan fingerprint density at radius 2 is 1.89 bits per heavy atom. The van der Waals surface area contributed by atoms with Crippen molar-refractivity contribution in [3.8, 4) is 11.5 Å². The molecule has 2 aromatic rings. The van der Waals surface area contributed by atoms with Crippen LogP contribution in [0.2, 0.25) is 0 Å². The molecule has 0 aliphatic heterocycles. The molecule has 0 aliphatic rings. The number of amides is 1. The summed E-state index contributed by atoms with van der Waals surface area (Å²) >= 11 is 1.44. The zero-order chi connectivity index (χ0) is 19.8. The van der Waals surface area contributed by atoms with Crippen LogP contribution in [0.3, 0.4) is 0 Å². The van der Waals surface area contributed by atoms with Crippen molar-refractivity contribution in [1.82, 2.24) is 0 Å². The van der Waals surface area contributed by atoms with Crippen LogP contribution in [0.5, 0.6) is 11.5 Å². The van der Waals surface area contributed by atoms with Crippen molar-refractivity contribution < 1.29 is 23.8 Å². The van der Waals surface area contributed by atoms with E-state index in [9.17, 15) is 9.59 Å². The molecule has 6 nitrogen and oxygen atoms in total. The van der Waals surface area contributed by atoms with Crippen molar-refractivity contribution in [2.75, 3.05) is 26.1 Å². The molecule has 27 heavy (non-hydrogen) atoms. The highest BCUT2D eigenvalue weighted by Gasteiger charge is 2.17. The summed E-state index contributed by atoms with van der Waals surface area (Å²) in [6, 6.07) is 6.92.